The molecule has 18 heavy (non-hydrogen) atoms. The third kappa shape index (κ3) is 2.07. The minimum Gasteiger partial charge on any atom is -0.489 e. The highest BCUT2D eigenvalue weighted by Gasteiger charge is 2.26. The molecule has 0 saturated carbocycles. The summed E-state index contributed by atoms with van der Waals surface area (Å²) in [5.41, 5.74) is 0.580. The van der Waals surface area contributed by atoms with Gasteiger partial charge in [-0.25, -0.2) is 4.79 Å². The smallest absolute Gasteiger partial charge is 0.339 e. The van der Waals surface area contributed by atoms with Gasteiger partial charge in [0.1, 0.15) is 12.2 Å². The molecular weight excluding hydrogens is 234 g/mol. The van der Waals surface area contributed by atoms with Crippen molar-refractivity contribution in [1.29, 1.82) is 0 Å². The van der Waals surface area contributed by atoms with Crippen LogP contribution in [0, 0.1) is 0 Å². The van der Waals surface area contributed by atoms with Crippen molar-refractivity contribution in [2.24, 2.45) is 0 Å². The second kappa shape index (κ2) is 4.91. The molecule has 1 aliphatic heterocycles. The van der Waals surface area contributed by atoms with E-state index < -0.39 is 5.97 Å². The summed E-state index contributed by atoms with van der Waals surface area (Å²) in [6, 6.07) is 4.75. The summed E-state index contributed by atoms with van der Waals surface area (Å²) in [7, 11) is 0. The topological polar surface area (TPSA) is 66.8 Å². The Labute approximate surface area is 104 Å². The lowest BCUT2D eigenvalue weighted by atomic mass is 10.1. The van der Waals surface area contributed by atoms with E-state index in [-0.39, 0.29) is 23.6 Å². The zero-order valence-electron chi connectivity index (χ0n) is 9.76. The summed E-state index contributed by atoms with van der Waals surface area (Å²) in [5.74, 6) is -0.921. The number of carbonyl (C=O) groups excluding carboxylic acids is 1. The molecular formula is C13H13NO4. The van der Waals surface area contributed by atoms with Crippen LogP contribution in [0.2, 0.25) is 0 Å². The maximum absolute atomic E-state index is 11.9. The van der Waals surface area contributed by atoms with Gasteiger partial charge in [-0.15, -0.1) is 6.58 Å². The Kier molecular flexibility index (Phi) is 3.32. The fourth-order valence-corrected chi connectivity index (χ4v) is 1.91. The Morgan fingerprint density at radius 3 is 2.94 bits per heavy atom. The highest BCUT2D eigenvalue weighted by atomic mass is 16.5. The van der Waals surface area contributed by atoms with Gasteiger partial charge in [-0.3, -0.25) is 4.79 Å². The van der Waals surface area contributed by atoms with E-state index in [1.54, 1.807) is 12.1 Å². The summed E-state index contributed by atoms with van der Waals surface area (Å²) in [6.07, 6.45) is 1.75. The number of carboxylic acids is 1. The van der Waals surface area contributed by atoms with Crippen LogP contribution >= 0.6 is 0 Å². The van der Waals surface area contributed by atoms with Gasteiger partial charge in [-0.1, -0.05) is 12.1 Å². The van der Waals surface area contributed by atoms with Crippen molar-refractivity contribution in [3.8, 4) is 5.75 Å². The largest absolute Gasteiger partial charge is 0.489 e. The maximum atomic E-state index is 11.9. The molecule has 2 rings (SSSR count). The number of ether oxygens (including phenoxy) is 1. The van der Waals surface area contributed by atoms with Gasteiger partial charge >= 0.3 is 5.97 Å². The summed E-state index contributed by atoms with van der Waals surface area (Å²) in [5, 5.41) is 9.07. The van der Waals surface area contributed by atoms with Gasteiger partial charge in [0.2, 0.25) is 5.91 Å². The monoisotopic (exact) mass is 247 g/mol. The number of fused-ring (bicyclic) bond motifs is 1. The molecule has 1 aromatic carbocycles. The van der Waals surface area contributed by atoms with Gasteiger partial charge in [0.05, 0.1) is 12.2 Å². The minimum atomic E-state index is -1.06. The minimum absolute atomic E-state index is 0.0728. The summed E-state index contributed by atoms with van der Waals surface area (Å²) < 4.78 is 5.37. The van der Waals surface area contributed by atoms with Crippen molar-refractivity contribution in [3.63, 3.8) is 0 Å². The van der Waals surface area contributed by atoms with E-state index >= 15 is 0 Å². The van der Waals surface area contributed by atoms with Crippen molar-refractivity contribution in [2.75, 3.05) is 18.1 Å². The number of para-hydroxylation sites is 1. The molecule has 0 saturated heterocycles. The highest BCUT2D eigenvalue weighted by Crippen LogP contribution is 2.35. The van der Waals surface area contributed by atoms with Crippen LogP contribution in [0.1, 0.15) is 16.8 Å². The van der Waals surface area contributed by atoms with E-state index in [4.69, 9.17) is 9.84 Å². The normalized spacial score (nSPS) is 13.4. The Morgan fingerprint density at radius 2 is 2.28 bits per heavy atom. The molecule has 1 aliphatic rings. The Bertz CT molecular complexity index is 510. The molecule has 0 spiro atoms. The first-order valence-electron chi connectivity index (χ1n) is 5.55. The molecule has 0 fully saturated rings. The van der Waals surface area contributed by atoms with E-state index in [0.717, 1.165) is 0 Å². The predicted molar refractivity (Wildman–Crippen MR) is 66.1 cm³/mol. The molecule has 1 amide bonds. The van der Waals surface area contributed by atoms with Crippen LogP contribution in [0.3, 0.4) is 0 Å². The number of hydrogen-bond donors (Lipinski definition) is 1. The highest BCUT2D eigenvalue weighted by molar-refractivity contribution is 6.00. The van der Waals surface area contributed by atoms with Crippen molar-refractivity contribution < 1.29 is 19.4 Å². The molecule has 94 valence electrons. The molecule has 0 bridgehead atoms. The van der Waals surface area contributed by atoms with Crippen LogP contribution < -0.4 is 9.64 Å². The molecule has 1 N–H and O–H groups in total. The molecule has 0 unspecified atom stereocenters. The lowest BCUT2D eigenvalue weighted by Gasteiger charge is -2.30. The number of carbonyl (C=O) groups is 2. The summed E-state index contributed by atoms with van der Waals surface area (Å²) in [6.45, 7) is 4.24. The number of nitrogens with zero attached hydrogens (tertiary/aromatic N) is 1. The molecule has 0 atom stereocenters. The fourth-order valence-electron chi connectivity index (χ4n) is 1.91. The SMILES string of the molecule is C=CCC(=O)N1CCOc2c(C(=O)O)cccc21. The standard InChI is InChI=1S/C13H13NO4/c1-2-4-11(15)14-7-8-18-12-9(13(16)17)5-3-6-10(12)14/h2-3,5-6H,1,4,7-8H2,(H,16,17). The van der Waals surface area contributed by atoms with Crippen LogP contribution in [-0.2, 0) is 4.79 Å². The molecule has 5 nitrogen and oxygen atoms in total. The first-order chi connectivity index (χ1) is 8.65. The van der Waals surface area contributed by atoms with Gasteiger partial charge in [0, 0.05) is 6.42 Å². The Balaban J connectivity index is 2.44. The van der Waals surface area contributed by atoms with Crippen LogP contribution in [0.25, 0.3) is 0 Å². The van der Waals surface area contributed by atoms with Gasteiger partial charge in [-0.05, 0) is 12.1 Å². The summed E-state index contributed by atoms with van der Waals surface area (Å²) in [4.78, 5) is 24.5. The van der Waals surface area contributed by atoms with E-state index in [1.807, 2.05) is 0 Å². The van der Waals surface area contributed by atoms with E-state index in [9.17, 15) is 9.59 Å². The number of hydrogen-bond acceptors (Lipinski definition) is 3. The lowest BCUT2D eigenvalue weighted by molar-refractivity contribution is -0.118. The predicted octanol–water partition coefficient (Wildman–Crippen LogP) is 1.69. The molecule has 5 heteroatoms. The number of aromatic carboxylic acids is 1. The molecule has 1 heterocycles. The maximum Gasteiger partial charge on any atom is 0.339 e. The first kappa shape index (κ1) is 12.2. The van der Waals surface area contributed by atoms with Crippen molar-refractivity contribution >= 4 is 17.6 Å². The molecule has 1 aromatic rings. The first-order valence-corrected chi connectivity index (χ1v) is 5.55. The van der Waals surface area contributed by atoms with Crippen molar-refractivity contribution in [1.82, 2.24) is 0 Å². The Morgan fingerprint density at radius 1 is 1.50 bits per heavy atom. The second-order valence-corrected chi connectivity index (χ2v) is 3.85. The third-order valence-electron chi connectivity index (χ3n) is 2.70. The zero-order chi connectivity index (χ0) is 13.1. The zero-order valence-corrected chi connectivity index (χ0v) is 9.76. The second-order valence-electron chi connectivity index (χ2n) is 3.85. The van der Waals surface area contributed by atoms with Gasteiger partial charge in [0.25, 0.3) is 0 Å². The van der Waals surface area contributed by atoms with Crippen LogP contribution in [0.15, 0.2) is 30.9 Å². The van der Waals surface area contributed by atoms with Gasteiger partial charge < -0.3 is 14.7 Å². The van der Waals surface area contributed by atoms with Gasteiger partial charge in [-0.2, -0.15) is 0 Å². The number of rotatable bonds is 3. The average Bonchev–Trinajstić information content (AvgIpc) is 2.37. The van der Waals surface area contributed by atoms with E-state index in [2.05, 4.69) is 6.58 Å². The fraction of sp³-hybridized carbons (Fsp3) is 0.231. The number of carboxylic acid groups (broad SMARTS) is 1. The van der Waals surface area contributed by atoms with E-state index in [0.29, 0.717) is 18.8 Å². The van der Waals surface area contributed by atoms with Crippen molar-refractivity contribution in [3.05, 3.63) is 36.4 Å². The van der Waals surface area contributed by atoms with Gasteiger partial charge in [0.15, 0.2) is 5.75 Å². The van der Waals surface area contributed by atoms with Crippen molar-refractivity contribution in [2.45, 2.75) is 6.42 Å². The third-order valence-corrected chi connectivity index (χ3v) is 2.70. The van der Waals surface area contributed by atoms with Crippen LogP contribution in [0.5, 0.6) is 5.75 Å². The Hall–Kier alpha value is -2.30. The molecule has 0 aliphatic carbocycles. The van der Waals surface area contributed by atoms with E-state index in [1.165, 1.54) is 17.0 Å². The lowest BCUT2D eigenvalue weighted by Crippen LogP contribution is -2.38. The number of benzene rings is 1. The average molecular weight is 247 g/mol. The van der Waals surface area contributed by atoms with Crippen LogP contribution in [-0.4, -0.2) is 30.1 Å². The summed E-state index contributed by atoms with van der Waals surface area (Å²) >= 11 is 0. The number of amides is 1. The van der Waals surface area contributed by atoms with Crippen LogP contribution in [0.4, 0.5) is 5.69 Å². The molecule has 0 aromatic heterocycles. The number of anilines is 1. The molecule has 0 radical (unpaired) electrons. The quantitative estimate of drug-likeness (QED) is 0.825.